The Kier molecular flexibility index (Phi) is 2.87. The minimum Gasteiger partial charge on any atom is -0.469 e. The maximum atomic E-state index is 11.3. The summed E-state index contributed by atoms with van der Waals surface area (Å²) in [7, 11) is -0.225. The summed E-state index contributed by atoms with van der Waals surface area (Å²) in [6.45, 7) is 10.0. The van der Waals surface area contributed by atoms with Crippen LogP contribution in [0.2, 0.25) is 19.6 Å². The lowest BCUT2D eigenvalue weighted by atomic mass is 10.2. The number of hydrogen-bond acceptors (Lipinski definition) is 3. The Balaban J connectivity index is 2.66. The van der Waals surface area contributed by atoms with Crippen molar-refractivity contribution in [3.05, 3.63) is 12.7 Å². The number of carbonyl (C=O) groups excluding carboxylic acids is 1. The summed E-state index contributed by atoms with van der Waals surface area (Å²) in [5, 5.41) is 0. The molecule has 80 valence electrons. The van der Waals surface area contributed by atoms with E-state index in [0.717, 1.165) is 0 Å². The van der Waals surface area contributed by atoms with Gasteiger partial charge < -0.3 is 9.16 Å². The molecule has 14 heavy (non-hydrogen) atoms. The van der Waals surface area contributed by atoms with E-state index in [1.54, 1.807) is 6.08 Å². The van der Waals surface area contributed by atoms with Gasteiger partial charge in [0.2, 0.25) is 0 Å². The predicted octanol–water partition coefficient (Wildman–Crippen LogP) is 1.96. The van der Waals surface area contributed by atoms with Crippen LogP contribution in [0.25, 0.3) is 0 Å². The van der Waals surface area contributed by atoms with Crippen LogP contribution in [0.15, 0.2) is 12.7 Å². The molecule has 1 fully saturated rings. The van der Waals surface area contributed by atoms with Gasteiger partial charge in [-0.25, -0.2) is 0 Å². The lowest BCUT2D eigenvalue weighted by molar-refractivity contribution is -0.143. The Labute approximate surface area is 86.2 Å². The molecule has 0 aromatic heterocycles. The average Bonchev–Trinajstić information content (AvgIpc) is 2.76. The minimum atomic E-state index is -1.63. The number of hydrogen-bond donors (Lipinski definition) is 0. The van der Waals surface area contributed by atoms with E-state index in [0.29, 0.717) is 6.42 Å². The van der Waals surface area contributed by atoms with Crippen molar-refractivity contribution in [1.29, 1.82) is 0 Å². The Hall–Kier alpha value is -0.613. The van der Waals surface area contributed by atoms with Gasteiger partial charge in [-0.15, -0.1) is 6.58 Å². The molecule has 0 heterocycles. The Morgan fingerprint density at radius 1 is 1.57 bits per heavy atom. The summed E-state index contributed by atoms with van der Waals surface area (Å²) in [6, 6.07) is 0. The van der Waals surface area contributed by atoms with Crippen LogP contribution in [0.4, 0.5) is 0 Å². The number of rotatable bonds is 4. The molecule has 0 aliphatic heterocycles. The van der Waals surface area contributed by atoms with Gasteiger partial charge in [-0.2, -0.15) is 0 Å². The standard InChI is InChI=1S/C10H18O3Si/c1-6-10(13-14(3,4)5)7-8(10)9(11)12-2/h6,8H,1,7H2,2-5H3. The van der Waals surface area contributed by atoms with E-state index >= 15 is 0 Å². The molecule has 0 aromatic carbocycles. The van der Waals surface area contributed by atoms with E-state index < -0.39 is 13.9 Å². The third-order valence-electron chi connectivity index (χ3n) is 2.28. The van der Waals surface area contributed by atoms with Gasteiger partial charge in [-0.1, -0.05) is 6.08 Å². The van der Waals surface area contributed by atoms with Gasteiger partial charge >= 0.3 is 5.97 Å². The third kappa shape index (κ3) is 2.25. The van der Waals surface area contributed by atoms with E-state index in [1.807, 2.05) is 0 Å². The molecule has 1 saturated carbocycles. The smallest absolute Gasteiger partial charge is 0.312 e. The zero-order valence-corrected chi connectivity index (χ0v) is 10.3. The van der Waals surface area contributed by atoms with E-state index in [9.17, 15) is 4.79 Å². The first kappa shape index (κ1) is 11.5. The van der Waals surface area contributed by atoms with Crippen molar-refractivity contribution >= 4 is 14.3 Å². The summed E-state index contributed by atoms with van der Waals surface area (Å²) in [4.78, 5) is 11.3. The quantitative estimate of drug-likeness (QED) is 0.408. The fraction of sp³-hybridized carbons (Fsp3) is 0.700. The normalized spacial score (nSPS) is 31.0. The fourth-order valence-corrected chi connectivity index (χ4v) is 3.08. The first-order valence-electron chi connectivity index (χ1n) is 4.76. The van der Waals surface area contributed by atoms with Gasteiger partial charge in [0.05, 0.1) is 18.6 Å². The topological polar surface area (TPSA) is 35.5 Å². The molecule has 0 spiro atoms. The van der Waals surface area contributed by atoms with Crippen LogP contribution < -0.4 is 0 Å². The SMILES string of the molecule is C=CC1(O[Si](C)(C)C)CC1C(=O)OC. The fourth-order valence-electron chi connectivity index (χ4n) is 1.64. The van der Waals surface area contributed by atoms with Crippen molar-refractivity contribution in [2.45, 2.75) is 31.7 Å². The number of carbonyl (C=O) groups is 1. The summed E-state index contributed by atoms with van der Waals surface area (Å²) < 4.78 is 10.6. The third-order valence-corrected chi connectivity index (χ3v) is 3.27. The molecule has 0 bridgehead atoms. The maximum absolute atomic E-state index is 11.3. The van der Waals surface area contributed by atoms with Gasteiger partial charge in [-0.05, 0) is 26.1 Å². The molecule has 0 N–H and O–H groups in total. The van der Waals surface area contributed by atoms with Crippen LogP contribution >= 0.6 is 0 Å². The lowest BCUT2D eigenvalue weighted by Gasteiger charge is -2.24. The highest BCUT2D eigenvalue weighted by Gasteiger charge is 2.59. The van der Waals surface area contributed by atoms with Gasteiger partial charge in [0.25, 0.3) is 0 Å². The molecule has 3 nitrogen and oxygen atoms in total. The minimum absolute atomic E-state index is 0.142. The monoisotopic (exact) mass is 214 g/mol. The maximum Gasteiger partial charge on any atom is 0.312 e. The molecule has 4 heteroatoms. The Morgan fingerprint density at radius 2 is 2.14 bits per heavy atom. The highest BCUT2D eigenvalue weighted by atomic mass is 28.4. The zero-order chi connectivity index (χ0) is 11.0. The lowest BCUT2D eigenvalue weighted by Crippen LogP contribution is -2.34. The molecule has 1 aliphatic carbocycles. The van der Waals surface area contributed by atoms with E-state index in [1.165, 1.54) is 7.11 Å². The van der Waals surface area contributed by atoms with Gasteiger partial charge in [-0.3, -0.25) is 4.79 Å². The van der Waals surface area contributed by atoms with Crippen molar-refractivity contribution in [1.82, 2.24) is 0 Å². The van der Waals surface area contributed by atoms with E-state index in [-0.39, 0.29) is 11.9 Å². The summed E-state index contributed by atoms with van der Waals surface area (Å²) in [5.41, 5.74) is -0.433. The highest BCUT2D eigenvalue weighted by molar-refractivity contribution is 6.69. The van der Waals surface area contributed by atoms with Crippen LogP contribution in [0, 0.1) is 5.92 Å². The Bertz CT molecular complexity index is 257. The van der Waals surface area contributed by atoms with Crippen LogP contribution in [0.5, 0.6) is 0 Å². The van der Waals surface area contributed by atoms with Crippen LogP contribution in [-0.4, -0.2) is 27.0 Å². The Morgan fingerprint density at radius 3 is 2.50 bits per heavy atom. The summed E-state index contributed by atoms with van der Waals surface area (Å²) >= 11 is 0. The number of ether oxygens (including phenoxy) is 1. The van der Waals surface area contributed by atoms with Crippen molar-refractivity contribution in [2.24, 2.45) is 5.92 Å². The van der Waals surface area contributed by atoms with Gasteiger partial charge in [0, 0.05) is 0 Å². The van der Waals surface area contributed by atoms with Gasteiger partial charge in [0.15, 0.2) is 8.32 Å². The highest BCUT2D eigenvalue weighted by Crippen LogP contribution is 2.50. The van der Waals surface area contributed by atoms with Crippen molar-refractivity contribution in [3.63, 3.8) is 0 Å². The molecule has 0 amide bonds. The second-order valence-electron chi connectivity index (χ2n) is 4.65. The average molecular weight is 214 g/mol. The first-order chi connectivity index (χ1) is 6.34. The molecule has 0 aromatic rings. The molecule has 0 saturated heterocycles. The van der Waals surface area contributed by atoms with Crippen molar-refractivity contribution in [3.8, 4) is 0 Å². The van der Waals surface area contributed by atoms with Crippen molar-refractivity contribution in [2.75, 3.05) is 7.11 Å². The van der Waals surface area contributed by atoms with Crippen LogP contribution in [-0.2, 0) is 14.0 Å². The molecular formula is C10H18O3Si. The molecule has 2 atom stereocenters. The largest absolute Gasteiger partial charge is 0.469 e. The first-order valence-corrected chi connectivity index (χ1v) is 8.17. The van der Waals surface area contributed by atoms with Crippen LogP contribution in [0.1, 0.15) is 6.42 Å². The molecule has 1 aliphatic rings. The second kappa shape index (κ2) is 3.51. The zero-order valence-electron chi connectivity index (χ0n) is 9.29. The number of methoxy groups -OCH3 is 1. The summed E-state index contributed by atoms with van der Waals surface area (Å²) in [6.07, 6.45) is 2.46. The molecule has 1 rings (SSSR count). The molecule has 0 radical (unpaired) electrons. The van der Waals surface area contributed by atoms with E-state index in [2.05, 4.69) is 26.2 Å². The second-order valence-corrected chi connectivity index (χ2v) is 9.08. The predicted molar refractivity (Wildman–Crippen MR) is 57.5 cm³/mol. The molecular weight excluding hydrogens is 196 g/mol. The summed E-state index contributed by atoms with van der Waals surface area (Å²) in [5.74, 6) is -0.333. The molecule has 2 unspecified atom stereocenters. The van der Waals surface area contributed by atoms with Crippen molar-refractivity contribution < 1.29 is 14.0 Å². The van der Waals surface area contributed by atoms with E-state index in [4.69, 9.17) is 9.16 Å². The van der Waals surface area contributed by atoms with Gasteiger partial charge in [0.1, 0.15) is 0 Å². The van der Waals surface area contributed by atoms with Crippen LogP contribution in [0.3, 0.4) is 0 Å². The number of esters is 1.